The Labute approximate surface area is 277 Å². The largest absolute Gasteiger partial charge is 0.321 e. The van der Waals surface area contributed by atoms with Gasteiger partial charge in [-0.15, -0.1) is 0 Å². The van der Waals surface area contributed by atoms with Crippen LogP contribution in [0.1, 0.15) is 20.7 Å². The zero-order valence-electron chi connectivity index (χ0n) is 25.2. The molecule has 0 spiro atoms. The summed E-state index contributed by atoms with van der Waals surface area (Å²) >= 11 is 12.0. The number of anilines is 2. The highest BCUT2D eigenvalue weighted by atomic mass is 35.5. The lowest BCUT2D eigenvalue weighted by Crippen LogP contribution is -2.46. The molecule has 5 rings (SSSR count). The van der Waals surface area contributed by atoms with Gasteiger partial charge in [0.25, 0.3) is 17.7 Å². The van der Waals surface area contributed by atoms with Gasteiger partial charge in [-0.1, -0.05) is 53.5 Å². The third kappa shape index (κ3) is 8.36. The minimum absolute atomic E-state index is 0.125. The molecule has 10 nitrogen and oxygen atoms in total. The van der Waals surface area contributed by atoms with Crippen LogP contribution in [0.15, 0.2) is 94.3 Å². The molecular weight excluding hydrogens is 647 g/mol. The lowest BCUT2D eigenvalue weighted by Gasteiger charge is -2.31. The zero-order valence-corrected chi connectivity index (χ0v) is 27.5. The minimum atomic E-state index is -3.06. The number of hydrogen-bond acceptors (Lipinski definition) is 7. The maximum absolute atomic E-state index is 13.8. The average Bonchev–Trinajstić information content (AvgIpc) is 3.04. The van der Waals surface area contributed by atoms with Gasteiger partial charge in [0.15, 0.2) is 0 Å². The van der Waals surface area contributed by atoms with Crippen molar-refractivity contribution in [2.45, 2.75) is 4.90 Å². The Hall–Kier alpha value is -4.13. The number of carbonyl (C=O) groups excluding carboxylic acids is 3. The molecule has 0 bridgehead atoms. The second-order valence-electron chi connectivity index (χ2n) is 10.9. The van der Waals surface area contributed by atoms with E-state index in [1.165, 1.54) is 18.5 Å². The van der Waals surface area contributed by atoms with Crippen molar-refractivity contribution in [3.63, 3.8) is 0 Å². The van der Waals surface area contributed by atoms with Gasteiger partial charge >= 0.3 is 0 Å². The number of nitrogens with one attached hydrogen (secondary N) is 2. The van der Waals surface area contributed by atoms with Crippen molar-refractivity contribution in [1.82, 2.24) is 14.8 Å². The molecule has 1 aromatic heterocycles. The van der Waals surface area contributed by atoms with E-state index >= 15 is 0 Å². The summed E-state index contributed by atoms with van der Waals surface area (Å²) in [6, 6.07) is 21.5. The molecule has 0 radical (unpaired) electrons. The quantitative estimate of drug-likeness (QED) is 0.242. The van der Waals surface area contributed by atoms with Crippen LogP contribution < -0.4 is 10.6 Å². The number of amides is 3. The molecule has 0 saturated carbocycles. The number of halogens is 2. The molecule has 1 saturated heterocycles. The zero-order chi connectivity index (χ0) is 32.8. The molecule has 1 fully saturated rings. The number of benzene rings is 3. The fourth-order valence-corrected chi connectivity index (χ4v) is 6.70. The highest BCUT2D eigenvalue weighted by molar-refractivity contribution is 7.93. The van der Waals surface area contributed by atoms with E-state index in [0.29, 0.717) is 31.6 Å². The van der Waals surface area contributed by atoms with Crippen LogP contribution in [0.5, 0.6) is 0 Å². The van der Waals surface area contributed by atoms with E-state index in [0.717, 1.165) is 26.2 Å². The van der Waals surface area contributed by atoms with Gasteiger partial charge in [-0.2, -0.15) is 4.36 Å². The van der Waals surface area contributed by atoms with Crippen LogP contribution >= 0.6 is 23.2 Å². The van der Waals surface area contributed by atoms with E-state index in [-0.39, 0.29) is 23.6 Å². The number of carbonyl (C=O) groups is 3. The standard InChI is InChI=1S/C33H32Cl2N6O4S/c1-40-15-17-41(18-16-40)21-31(42)39-46(2,45)29-6-4-3-5-26(29)22-7-9-23(10-8-22)32(43)37-28-13-11-24(34)19-27(28)33(44)38-30-14-12-25(35)20-36-30/h3-14,19-20H,15-18,21H2,1-2H3,(H,37,43)(H,36,38,44). The fraction of sp³-hybridized carbons (Fsp3) is 0.212. The van der Waals surface area contributed by atoms with Gasteiger partial charge < -0.3 is 15.5 Å². The van der Waals surface area contributed by atoms with Crippen LogP contribution in [0.25, 0.3) is 11.1 Å². The summed E-state index contributed by atoms with van der Waals surface area (Å²) in [7, 11) is -1.02. The molecule has 1 aliphatic rings. The Kier molecular flexibility index (Phi) is 10.5. The molecule has 0 aliphatic carbocycles. The first-order valence-corrected chi connectivity index (χ1v) is 17.1. The summed E-state index contributed by atoms with van der Waals surface area (Å²) < 4.78 is 17.9. The molecule has 4 aromatic rings. The topological polar surface area (TPSA) is 124 Å². The number of aromatic nitrogens is 1. The van der Waals surface area contributed by atoms with Crippen LogP contribution in [0.3, 0.4) is 0 Å². The Balaban J connectivity index is 1.32. The molecule has 238 valence electrons. The van der Waals surface area contributed by atoms with Crippen molar-refractivity contribution in [1.29, 1.82) is 0 Å². The van der Waals surface area contributed by atoms with E-state index in [1.807, 2.05) is 24.1 Å². The van der Waals surface area contributed by atoms with Crippen LogP contribution in [0, 0.1) is 0 Å². The number of rotatable bonds is 8. The number of pyridine rings is 1. The first-order chi connectivity index (χ1) is 22.0. The Bertz CT molecular complexity index is 1890. The van der Waals surface area contributed by atoms with E-state index in [9.17, 15) is 18.6 Å². The predicted molar refractivity (Wildman–Crippen MR) is 182 cm³/mol. The van der Waals surface area contributed by atoms with Crippen LogP contribution in [0.2, 0.25) is 10.0 Å². The summed E-state index contributed by atoms with van der Waals surface area (Å²) in [5.41, 5.74) is 2.07. The lowest BCUT2D eigenvalue weighted by molar-refractivity contribution is -0.119. The van der Waals surface area contributed by atoms with Gasteiger partial charge in [0.1, 0.15) is 5.82 Å². The molecular formula is C33H32Cl2N6O4S. The molecule has 1 atom stereocenters. The van der Waals surface area contributed by atoms with Gasteiger partial charge in [-0.05, 0) is 66.7 Å². The number of nitrogens with zero attached hydrogens (tertiary/aromatic N) is 4. The maximum atomic E-state index is 13.8. The molecule has 2 N–H and O–H groups in total. The monoisotopic (exact) mass is 678 g/mol. The van der Waals surface area contributed by atoms with E-state index in [1.54, 1.807) is 60.7 Å². The molecule has 1 unspecified atom stereocenters. The summed E-state index contributed by atoms with van der Waals surface area (Å²) in [6.07, 6.45) is 2.88. The van der Waals surface area contributed by atoms with E-state index < -0.39 is 27.5 Å². The molecule has 13 heteroatoms. The predicted octanol–water partition coefficient (Wildman–Crippen LogP) is 5.79. The molecule has 46 heavy (non-hydrogen) atoms. The summed E-state index contributed by atoms with van der Waals surface area (Å²) in [5.74, 6) is -1.11. The van der Waals surface area contributed by atoms with Gasteiger partial charge in [-0.25, -0.2) is 9.19 Å². The maximum Gasteiger partial charge on any atom is 0.268 e. The second-order valence-corrected chi connectivity index (χ2v) is 14.0. The molecule has 1 aliphatic heterocycles. The van der Waals surface area contributed by atoms with Crippen LogP contribution in [-0.4, -0.2) is 82.7 Å². The molecule has 2 heterocycles. The van der Waals surface area contributed by atoms with Gasteiger partial charge in [-0.3, -0.25) is 19.3 Å². The van der Waals surface area contributed by atoms with Crippen molar-refractivity contribution in [3.8, 4) is 11.1 Å². The van der Waals surface area contributed by atoms with Gasteiger partial charge in [0.2, 0.25) is 0 Å². The fourth-order valence-electron chi connectivity index (χ4n) is 4.95. The van der Waals surface area contributed by atoms with Crippen molar-refractivity contribution in [2.24, 2.45) is 4.36 Å². The normalized spacial score (nSPS) is 15.0. The summed E-state index contributed by atoms with van der Waals surface area (Å²) in [6.45, 7) is 3.37. The Morgan fingerprint density at radius 2 is 1.57 bits per heavy atom. The van der Waals surface area contributed by atoms with Crippen molar-refractivity contribution < 1.29 is 18.6 Å². The Morgan fingerprint density at radius 1 is 0.870 bits per heavy atom. The average molecular weight is 680 g/mol. The number of piperazine rings is 1. The minimum Gasteiger partial charge on any atom is -0.321 e. The first kappa shape index (κ1) is 33.2. The SMILES string of the molecule is CN1CCN(CC(=O)N=S(C)(=O)c2ccccc2-c2ccc(C(=O)Nc3ccc(Cl)cc3C(=O)Nc3ccc(Cl)cn3)cc2)CC1. The van der Waals surface area contributed by atoms with Crippen LogP contribution in [-0.2, 0) is 14.5 Å². The van der Waals surface area contributed by atoms with Crippen molar-refractivity contribution in [2.75, 3.05) is 56.7 Å². The van der Waals surface area contributed by atoms with Crippen molar-refractivity contribution >= 4 is 62.2 Å². The van der Waals surface area contributed by atoms with Gasteiger partial charge in [0, 0.05) is 49.2 Å². The number of likely N-dealkylation sites (N-methyl/N-ethyl adjacent to an activating group) is 1. The third-order valence-electron chi connectivity index (χ3n) is 7.43. The van der Waals surface area contributed by atoms with Gasteiger partial charge in [0.05, 0.1) is 37.4 Å². The Morgan fingerprint density at radius 3 is 2.26 bits per heavy atom. The molecule has 3 amide bonds. The van der Waals surface area contributed by atoms with E-state index in [4.69, 9.17) is 23.2 Å². The summed E-state index contributed by atoms with van der Waals surface area (Å²) in [4.78, 5) is 47.8. The first-order valence-electron chi connectivity index (χ1n) is 14.4. The van der Waals surface area contributed by atoms with Crippen LogP contribution in [0.4, 0.5) is 11.5 Å². The second kappa shape index (κ2) is 14.5. The summed E-state index contributed by atoms with van der Waals surface area (Å²) in [5, 5.41) is 6.18. The smallest absolute Gasteiger partial charge is 0.268 e. The lowest BCUT2D eigenvalue weighted by atomic mass is 10.0. The van der Waals surface area contributed by atoms with E-state index in [2.05, 4.69) is 24.9 Å². The highest BCUT2D eigenvalue weighted by Gasteiger charge is 2.20. The number of hydrogen-bond donors (Lipinski definition) is 2. The van der Waals surface area contributed by atoms with Crippen molar-refractivity contribution in [3.05, 3.63) is 106 Å². The third-order valence-corrected chi connectivity index (χ3v) is 9.61. The highest BCUT2D eigenvalue weighted by Crippen LogP contribution is 2.29. The molecule has 3 aromatic carbocycles.